The van der Waals surface area contributed by atoms with E-state index in [9.17, 15) is 0 Å². The molecule has 0 amide bonds. The van der Waals surface area contributed by atoms with Crippen molar-refractivity contribution in [2.75, 3.05) is 6.16 Å². The molecule has 0 aliphatic rings. The van der Waals surface area contributed by atoms with E-state index < -0.39 is 0 Å². The Hall–Kier alpha value is 0.780. The van der Waals surface area contributed by atoms with Gasteiger partial charge in [0.15, 0.2) is 0 Å². The van der Waals surface area contributed by atoms with E-state index in [1.807, 2.05) is 0 Å². The average molecular weight is 206 g/mol. The van der Waals surface area contributed by atoms with E-state index in [4.69, 9.17) is 0 Å². The van der Waals surface area contributed by atoms with Gasteiger partial charge in [0, 0.05) is 0 Å². The van der Waals surface area contributed by atoms with Crippen LogP contribution in [0.4, 0.5) is 0 Å². The fourth-order valence-corrected chi connectivity index (χ4v) is 2.91. The lowest BCUT2D eigenvalue weighted by molar-refractivity contribution is 0.228. The van der Waals surface area contributed by atoms with Crippen molar-refractivity contribution in [1.82, 2.24) is 0 Å². The van der Waals surface area contributed by atoms with Gasteiger partial charge in [0.05, 0.1) is 0 Å². The first-order chi connectivity index (χ1) is 5.74. The molecule has 0 bridgehead atoms. The van der Waals surface area contributed by atoms with Crippen molar-refractivity contribution in [3.05, 3.63) is 0 Å². The highest BCUT2D eigenvalue weighted by Gasteiger charge is 2.23. The van der Waals surface area contributed by atoms with E-state index in [1.54, 1.807) is 0 Å². The Morgan fingerprint density at radius 2 is 1.67 bits per heavy atom. The summed E-state index contributed by atoms with van der Waals surface area (Å²) < 4.78 is 0. The maximum Gasteiger partial charge on any atom is -0.0258 e. The van der Waals surface area contributed by atoms with Crippen LogP contribution in [0.15, 0.2) is 0 Å². The largest absolute Gasteiger partial charge is 0.155 e. The van der Waals surface area contributed by atoms with Gasteiger partial charge in [0.1, 0.15) is 0 Å². The highest BCUT2D eigenvalue weighted by molar-refractivity contribution is 8.38. The lowest BCUT2D eigenvalue weighted by Crippen LogP contribution is -2.19. The van der Waals surface area contributed by atoms with Gasteiger partial charge in [-0.1, -0.05) is 47.8 Å². The lowest BCUT2D eigenvalue weighted by atomic mass is 9.76. The maximum absolute atomic E-state index is 4.31. The molecule has 0 aliphatic carbocycles. The summed E-state index contributed by atoms with van der Waals surface area (Å²) in [6, 6.07) is 0. The first-order valence-corrected chi connectivity index (χ1v) is 7.61. The van der Waals surface area contributed by atoms with Gasteiger partial charge < -0.3 is 0 Å². The van der Waals surface area contributed by atoms with Crippen molar-refractivity contribution < 1.29 is 0 Å². The topological polar surface area (TPSA) is 0 Å². The van der Waals surface area contributed by atoms with E-state index in [0.717, 1.165) is 7.78 Å². The SMILES string of the molecule is CCCC(CC)(CC)CCPS. The molecule has 0 saturated heterocycles. The quantitative estimate of drug-likeness (QED) is 0.460. The molecule has 1 unspecified atom stereocenters. The van der Waals surface area contributed by atoms with Crippen LogP contribution in [-0.2, 0) is 0 Å². The molecule has 0 aromatic heterocycles. The van der Waals surface area contributed by atoms with Crippen LogP contribution in [0.3, 0.4) is 0 Å². The van der Waals surface area contributed by atoms with Crippen molar-refractivity contribution in [1.29, 1.82) is 0 Å². The summed E-state index contributed by atoms with van der Waals surface area (Å²) >= 11 is 4.31. The zero-order chi connectivity index (χ0) is 9.45. The molecule has 0 saturated carbocycles. The molecular weight excluding hydrogens is 183 g/mol. The molecule has 0 N–H and O–H groups in total. The van der Waals surface area contributed by atoms with Crippen LogP contribution < -0.4 is 0 Å². The van der Waals surface area contributed by atoms with Crippen LogP contribution in [0.25, 0.3) is 0 Å². The number of hydrogen-bond acceptors (Lipinski definition) is 1. The number of rotatable bonds is 7. The Morgan fingerprint density at radius 1 is 1.08 bits per heavy atom. The molecule has 12 heavy (non-hydrogen) atoms. The number of hydrogen-bond donors (Lipinski definition) is 1. The van der Waals surface area contributed by atoms with Gasteiger partial charge in [-0.2, -0.15) is 12.2 Å². The van der Waals surface area contributed by atoms with Crippen molar-refractivity contribution >= 4 is 20.0 Å². The van der Waals surface area contributed by atoms with Crippen molar-refractivity contribution in [3.63, 3.8) is 0 Å². The van der Waals surface area contributed by atoms with Crippen LogP contribution >= 0.6 is 20.0 Å². The first-order valence-electron chi connectivity index (χ1n) is 5.11. The Kier molecular flexibility index (Phi) is 7.68. The van der Waals surface area contributed by atoms with E-state index in [0.29, 0.717) is 5.41 Å². The van der Waals surface area contributed by atoms with Gasteiger partial charge in [0.2, 0.25) is 0 Å². The third-order valence-corrected chi connectivity index (χ3v) is 4.19. The second-order valence-corrected chi connectivity index (χ2v) is 5.38. The summed E-state index contributed by atoms with van der Waals surface area (Å²) in [5.41, 5.74) is 0.643. The molecule has 0 rings (SSSR count). The summed E-state index contributed by atoms with van der Waals surface area (Å²) in [6.45, 7) is 6.96. The van der Waals surface area contributed by atoms with Crippen LogP contribution in [-0.4, -0.2) is 6.16 Å². The third-order valence-electron chi connectivity index (χ3n) is 3.05. The fraction of sp³-hybridized carbons (Fsp3) is 1.00. The van der Waals surface area contributed by atoms with Gasteiger partial charge in [-0.3, -0.25) is 0 Å². The monoisotopic (exact) mass is 206 g/mol. The van der Waals surface area contributed by atoms with Crippen LogP contribution in [0.1, 0.15) is 52.9 Å². The molecule has 1 atom stereocenters. The molecule has 0 nitrogen and oxygen atoms in total. The van der Waals surface area contributed by atoms with E-state index in [1.165, 1.54) is 38.3 Å². The molecule has 0 aliphatic heterocycles. The van der Waals surface area contributed by atoms with Crippen LogP contribution in [0.2, 0.25) is 0 Å². The Morgan fingerprint density at radius 3 is 2.00 bits per heavy atom. The van der Waals surface area contributed by atoms with E-state index in [-0.39, 0.29) is 0 Å². The maximum atomic E-state index is 4.31. The summed E-state index contributed by atoms with van der Waals surface area (Å²) in [4.78, 5) is 0. The minimum atomic E-state index is 0.643. The summed E-state index contributed by atoms with van der Waals surface area (Å²) in [7, 11) is 0.836. The molecule has 0 aromatic rings. The lowest BCUT2D eigenvalue weighted by Gasteiger charge is -2.31. The molecule has 0 spiro atoms. The summed E-state index contributed by atoms with van der Waals surface area (Å²) in [5.74, 6) is 0. The normalized spacial score (nSPS) is 13.0. The van der Waals surface area contributed by atoms with Crippen LogP contribution in [0, 0.1) is 5.41 Å². The molecule has 74 valence electrons. The molecule has 2 heteroatoms. The molecule has 0 radical (unpaired) electrons. The summed E-state index contributed by atoms with van der Waals surface area (Å²) in [6.07, 6.45) is 8.11. The van der Waals surface area contributed by atoms with Gasteiger partial charge in [-0.25, -0.2) is 0 Å². The summed E-state index contributed by atoms with van der Waals surface area (Å²) in [5, 5.41) is 0. The van der Waals surface area contributed by atoms with E-state index >= 15 is 0 Å². The van der Waals surface area contributed by atoms with Gasteiger partial charge >= 0.3 is 0 Å². The van der Waals surface area contributed by atoms with Gasteiger partial charge in [0.25, 0.3) is 0 Å². The van der Waals surface area contributed by atoms with E-state index in [2.05, 4.69) is 33.0 Å². The van der Waals surface area contributed by atoms with Crippen molar-refractivity contribution in [3.8, 4) is 0 Å². The predicted molar refractivity (Wildman–Crippen MR) is 64.7 cm³/mol. The highest BCUT2D eigenvalue weighted by atomic mass is 32.7. The fourth-order valence-electron chi connectivity index (χ4n) is 1.93. The molecule has 0 heterocycles. The standard InChI is InChI=1S/C10H23PS/c1-4-7-10(5-2,6-3)8-9-11-12/h11-12H,4-9H2,1-3H3. The molecular formula is C10H23PS. The Balaban J connectivity index is 3.95. The number of thiol groups is 1. The van der Waals surface area contributed by atoms with Crippen LogP contribution in [0.5, 0.6) is 0 Å². The van der Waals surface area contributed by atoms with Crippen molar-refractivity contribution in [2.24, 2.45) is 5.41 Å². The zero-order valence-electron chi connectivity index (χ0n) is 8.69. The van der Waals surface area contributed by atoms with Gasteiger partial charge in [-0.05, 0) is 24.4 Å². The smallest absolute Gasteiger partial charge is 0.0258 e. The minimum Gasteiger partial charge on any atom is -0.155 e. The minimum absolute atomic E-state index is 0.643. The Bertz CT molecular complexity index is 100. The predicted octanol–water partition coefficient (Wildman–Crippen LogP) is 4.51. The third kappa shape index (κ3) is 4.14. The second kappa shape index (κ2) is 7.21. The van der Waals surface area contributed by atoms with Crippen molar-refractivity contribution in [2.45, 2.75) is 52.9 Å². The first kappa shape index (κ1) is 12.8. The average Bonchev–Trinajstić information content (AvgIpc) is 2.13. The van der Waals surface area contributed by atoms with Gasteiger partial charge in [-0.15, -0.1) is 0 Å². The highest BCUT2D eigenvalue weighted by Crippen LogP contribution is 2.38. The zero-order valence-corrected chi connectivity index (χ0v) is 10.6. The Labute approximate surface area is 84.8 Å². The molecule has 0 fully saturated rings. The second-order valence-electron chi connectivity index (χ2n) is 3.62. The molecule has 0 aromatic carbocycles.